The predicted octanol–water partition coefficient (Wildman–Crippen LogP) is 1.98. The molecule has 0 aliphatic rings. The Morgan fingerprint density at radius 1 is 1.53 bits per heavy atom. The Morgan fingerprint density at radius 3 is 2.67 bits per heavy atom. The Hall–Kier alpha value is -0.714. The number of rotatable bonds is 2. The number of amides is 1. The van der Waals surface area contributed by atoms with E-state index in [0.29, 0.717) is 0 Å². The molecule has 1 aromatic carbocycles. The molecule has 1 aromatic rings. The van der Waals surface area contributed by atoms with Gasteiger partial charge in [0, 0.05) is 28.6 Å². The Labute approximate surface area is 104 Å². The van der Waals surface area contributed by atoms with Gasteiger partial charge in [0.25, 0.3) is 0 Å². The number of hydrogen-bond acceptors (Lipinski definition) is 2. The summed E-state index contributed by atoms with van der Waals surface area (Å²) in [5.74, 6) is -0.556. The van der Waals surface area contributed by atoms with Crippen molar-refractivity contribution in [1.29, 1.82) is 0 Å². The number of nitrogens with one attached hydrogen (secondary N) is 1. The molecule has 0 bridgehead atoms. The largest absolute Gasteiger partial charge is 0.531 e. The molecule has 1 rings (SSSR count). The predicted molar refractivity (Wildman–Crippen MR) is 54.6 cm³/mol. The Bertz CT molecular complexity index is 355. The summed E-state index contributed by atoms with van der Waals surface area (Å²) in [5.41, 5.74) is 0.145. The van der Waals surface area contributed by atoms with Crippen LogP contribution in [0.15, 0.2) is 12.1 Å². The van der Waals surface area contributed by atoms with E-state index in [1.165, 1.54) is 12.1 Å². The molecule has 0 aromatic heterocycles. The van der Waals surface area contributed by atoms with Gasteiger partial charge in [-0.2, -0.15) is 29.8 Å². The van der Waals surface area contributed by atoms with Crippen molar-refractivity contribution in [2.45, 2.75) is 19.9 Å². The van der Waals surface area contributed by atoms with Gasteiger partial charge < -0.3 is 10.4 Å². The molecule has 1 radical (unpaired) electrons. The molecule has 0 heterocycles. The van der Waals surface area contributed by atoms with Crippen molar-refractivity contribution >= 4 is 17.5 Å². The molecule has 1 amide bonds. The molecule has 0 saturated heterocycles. The fourth-order valence-corrected chi connectivity index (χ4v) is 1.14. The van der Waals surface area contributed by atoms with Gasteiger partial charge >= 0.3 is 0 Å². The molecule has 0 unspecified atom stereocenters. The molecule has 0 atom stereocenters. The van der Waals surface area contributed by atoms with E-state index in [0.717, 1.165) is 0 Å². The molecular weight excluding hydrogens is 261 g/mol. The van der Waals surface area contributed by atoms with Gasteiger partial charge in [-0.25, -0.2) is 0 Å². The fraction of sp³-hybridized carbons (Fsp3) is 0.300. The van der Waals surface area contributed by atoms with E-state index in [-0.39, 0.29) is 45.1 Å². The van der Waals surface area contributed by atoms with Gasteiger partial charge in [-0.1, -0.05) is 0 Å². The summed E-state index contributed by atoms with van der Waals surface area (Å²) in [7, 11) is 0. The third kappa shape index (κ3) is 3.74. The van der Waals surface area contributed by atoms with E-state index >= 15 is 0 Å². The summed E-state index contributed by atoms with van der Waals surface area (Å²) in [4.78, 5) is 11.5. The molecule has 0 aliphatic heterocycles. The quantitative estimate of drug-likeness (QED) is 0.808. The van der Waals surface area contributed by atoms with E-state index in [9.17, 15) is 9.90 Å². The van der Waals surface area contributed by atoms with Gasteiger partial charge in [0.05, 0.1) is 0 Å². The number of halogens is 1. The zero-order valence-corrected chi connectivity index (χ0v) is 10.1. The maximum atomic E-state index is 11.5. The molecule has 85 valence electrons. The third-order valence-corrected chi connectivity index (χ3v) is 1.87. The first-order valence-corrected chi connectivity index (χ1v) is 4.59. The van der Waals surface area contributed by atoms with Crippen LogP contribution in [0.3, 0.4) is 0 Å². The van der Waals surface area contributed by atoms with Crippen LogP contribution in [-0.4, -0.2) is 17.1 Å². The van der Waals surface area contributed by atoms with Crippen LogP contribution in [0.2, 0.25) is 5.02 Å². The van der Waals surface area contributed by atoms with Crippen molar-refractivity contribution in [3.05, 3.63) is 28.8 Å². The monoisotopic (exact) mass is 271 g/mol. The second kappa shape index (κ2) is 6.00. The first-order chi connectivity index (χ1) is 6.52. The molecule has 15 heavy (non-hydrogen) atoms. The summed E-state index contributed by atoms with van der Waals surface area (Å²) in [6.07, 6.45) is 0. The standard InChI is InChI=1S/C10H11ClNO2.Co/c1-6(2)12-10(14)7-4-3-5-8(11)9(7)13;/h4-6,13H,1-2H3,(H,12,14);/q-1;. The summed E-state index contributed by atoms with van der Waals surface area (Å²) >= 11 is 5.63. The Balaban J connectivity index is 0.00000196. The minimum Gasteiger partial charge on any atom is -0.531 e. The topological polar surface area (TPSA) is 49.3 Å². The van der Waals surface area contributed by atoms with Crippen LogP contribution in [0, 0.1) is 6.07 Å². The average molecular weight is 272 g/mol. The third-order valence-electron chi connectivity index (χ3n) is 1.58. The van der Waals surface area contributed by atoms with Crippen LogP contribution >= 0.6 is 11.6 Å². The summed E-state index contributed by atoms with van der Waals surface area (Å²) in [5, 5.41) is 12.2. The zero-order chi connectivity index (χ0) is 10.7. The van der Waals surface area contributed by atoms with Crippen molar-refractivity contribution in [3.8, 4) is 5.75 Å². The number of phenolic OH excluding ortho intramolecular Hbond substituents is 1. The summed E-state index contributed by atoms with van der Waals surface area (Å²) < 4.78 is 0. The smallest absolute Gasteiger partial charge is 0.199 e. The first-order valence-electron chi connectivity index (χ1n) is 4.21. The van der Waals surface area contributed by atoms with Crippen molar-refractivity contribution in [3.63, 3.8) is 0 Å². The Kier molecular flexibility index (Phi) is 5.71. The van der Waals surface area contributed by atoms with E-state index in [1.54, 1.807) is 0 Å². The average Bonchev–Trinajstić information content (AvgIpc) is 2.08. The fourth-order valence-electron chi connectivity index (χ4n) is 0.977. The van der Waals surface area contributed by atoms with Crippen LogP contribution < -0.4 is 5.32 Å². The van der Waals surface area contributed by atoms with E-state index < -0.39 is 0 Å². The molecular formula is C10H11ClCoNO2-. The maximum absolute atomic E-state index is 11.5. The molecule has 0 spiro atoms. The van der Waals surface area contributed by atoms with Crippen molar-refractivity contribution < 1.29 is 26.7 Å². The van der Waals surface area contributed by atoms with Gasteiger partial charge in [0.15, 0.2) is 5.91 Å². The van der Waals surface area contributed by atoms with Crippen molar-refractivity contribution in [2.75, 3.05) is 0 Å². The minimum absolute atomic E-state index is 0. The van der Waals surface area contributed by atoms with E-state index in [1.807, 2.05) is 13.8 Å². The second-order valence-electron chi connectivity index (χ2n) is 3.19. The number of hydrogen-bond donors (Lipinski definition) is 2. The number of phenols is 1. The minimum atomic E-state index is -0.351. The molecule has 0 aliphatic carbocycles. The van der Waals surface area contributed by atoms with Crippen LogP contribution in [0.1, 0.15) is 24.2 Å². The second-order valence-corrected chi connectivity index (χ2v) is 3.60. The van der Waals surface area contributed by atoms with Gasteiger partial charge in [0.2, 0.25) is 0 Å². The molecule has 3 nitrogen and oxygen atoms in total. The SMILES string of the molecule is CC(C)NC(=O)c1c[c-]cc(Cl)c1O.[Co]. The molecule has 0 fully saturated rings. The number of carbonyl (C=O) groups excluding carboxylic acids is 1. The van der Waals surface area contributed by atoms with Gasteiger partial charge in [-0.3, -0.25) is 4.79 Å². The molecule has 5 heteroatoms. The normalized spacial score (nSPS) is 9.60. The van der Waals surface area contributed by atoms with Crippen LogP contribution in [0.5, 0.6) is 5.75 Å². The summed E-state index contributed by atoms with van der Waals surface area (Å²) in [6, 6.07) is 5.49. The molecule has 0 saturated carbocycles. The van der Waals surface area contributed by atoms with Gasteiger partial charge in [-0.05, 0) is 24.4 Å². The van der Waals surface area contributed by atoms with Crippen LogP contribution in [0.4, 0.5) is 0 Å². The number of benzene rings is 1. The summed E-state index contributed by atoms with van der Waals surface area (Å²) in [6.45, 7) is 3.67. The van der Waals surface area contributed by atoms with Gasteiger partial charge in [0.1, 0.15) is 0 Å². The first kappa shape index (κ1) is 14.3. The van der Waals surface area contributed by atoms with Crippen LogP contribution in [-0.2, 0) is 16.8 Å². The zero-order valence-electron chi connectivity index (χ0n) is 8.30. The Morgan fingerprint density at radius 2 is 2.13 bits per heavy atom. The maximum Gasteiger partial charge on any atom is 0.199 e. The van der Waals surface area contributed by atoms with E-state index in [4.69, 9.17) is 11.6 Å². The molecule has 2 N–H and O–H groups in total. The van der Waals surface area contributed by atoms with Crippen molar-refractivity contribution in [2.24, 2.45) is 0 Å². The number of aromatic hydroxyl groups is 1. The van der Waals surface area contributed by atoms with Crippen molar-refractivity contribution in [1.82, 2.24) is 5.32 Å². The number of carbonyl (C=O) groups is 1. The van der Waals surface area contributed by atoms with E-state index in [2.05, 4.69) is 11.4 Å². The van der Waals surface area contributed by atoms with Gasteiger partial charge in [-0.15, -0.1) is 0 Å². The van der Waals surface area contributed by atoms with Crippen LogP contribution in [0.25, 0.3) is 0 Å².